The van der Waals surface area contributed by atoms with Crippen LogP contribution >= 0.6 is 11.3 Å². The molecule has 0 amide bonds. The molecule has 18 heavy (non-hydrogen) atoms. The molecule has 0 saturated heterocycles. The van der Waals surface area contributed by atoms with Crippen molar-refractivity contribution in [2.45, 2.75) is 6.42 Å². The van der Waals surface area contributed by atoms with Gasteiger partial charge in [-0.05, 0) is 11.4 Å². The molecule has 0 fully saturated rings. The number of carbonyl (C=O) groups is 1. The third-order valence-electron chi connectivity index (χ3n) is 2.74. The molecule has 3 rings (SSSR count). The number of fused-ring (bicyclic) bond motifs is 1. The molecule has 88 valence electrons. The molecule has 0 radical (unpaired) electrons. The van der Waals surface area contributed by atoms with E-state index < -0.39 is 0 Å². The fourth-order valence-electron chi connectivity index (χ4n) is 1.84. The monoisotopic (exact) mass is 254 g/mol. The number of hydrogen-bond donors (Lipinski definition) is 0. The van der Waals surface area contributed by atoms with Gasteiger partial charge in [0.05, 0.1) is 22.3 Å². The maximum absolute atomic E-state index is 12.1. The van der Waals surface area contributed by atoms with Crippen LogP contribution in [0.5, 0.6) is 0 Å². The highest BCUT2D eigenvalue weighted by molar-refractivity contribution is 7.17. The van der Waals surface area contributed by atoms with Crippen molar-refractivity contribution in [1.29, 1.82) is 0 Å². The third kappa shape index (κ3) is 2.02. The third-order valence-corrected chi connectivity index (χ3v) is 3.69. The minimum atomic E-state index is 0.0870. The number of ketones is 1. The van der Waals surface area contributed by atoms with E-state index in [4.69, 9.17) is 0 Å². The number of rotatable bonds is 3. The minimum Gasteiger partial charge on any atom is -0.294 e. The molecule has 0 bridgehead atoms. The quantitative estimate of drug-likeness (QED) is 0.674. The van der Waals surface area contributed by atoms with Gasteiger partial charge in [0.25, 0.3) is 0 Å². The molecule has 0 N–H and O–H groups in total. The molecule has 0 saturated carbocycles. The second kappa shape index (κ2) is 4.66. The number of Topliss-reactive ketones (excluding diaryl/α,β-unsaturated/α-hetero) is 1. The molecule has 0 spiro atoms. The predicted molar refractivity (Wildman–Crippen MR) is 71.9 cm³/mol. The summed E-state index contributed by atoms with van der Waals surface area (Å²) in [6.45, 7) is 0. The van der Waals surface area contributed by atoms with Crippen LogP contribution in [0, 0.1) is 0 Å². The van der Waals surface area contributed by atoms with Crippen molar-refractivity contribution in [1.82, 2.24) is 9.97 Å². The van der Waals surface area contributed by atoms with E-state index in [9.17, 15) is 4.79 Å². The maximum atomic E-state index is 12.1. The Balaban J connectivity index is 1.93. The molecule has 1 aromatic carbocycles. The van der Waals surface area contributed by atoms with Gasteiger partial charge in [-0.15, -0.1) is 11.3 Å². The second-order valence-electron chi connectivity index (χ2n) is 3.92. The zero-order valence-corrected chi connectivity index (χ0v) is 10.4. The van der Waals surface area contributed by atoms with Gasteiger partial charge < -0.3 is 0 Å². The van der Waals surface area contributed by atoms with Crippen LogP contribution in [-0.2, 0) is 6.42 Å². The summed E-state index contributed by atoms with van der Waals surface area (Å²) in [5, 5.41) is 1.97. The fourth-order valence-corrected chi connectivity index (χ4v) is 2.68. The minimum absolute atomic E-state index is 0.0870. The molecule has 2 aromatic heterocycles. The lowest BCUT2D eigenvalue weighted by molar-refractivity contribution is 0.0992. The summed E-state index contributed by atoms with van der Waals surface area (Å²) in [5.41, 5.74) is 2.44. The van der Waals surface area contributed by atoms with E-state index in [2.05, 4.69) is 9.97 Å². The smallest absolute Gasteiger partial charge is 0.168 e. The van der Waals surface area contributed by atoms with Crippen molar-refractivity contribution >= 4 is 27.3 Å². The summed E-state index contributed by atoms with van der Waals surface area (Å²) >= 11 is 1.57. The molecular weight excluding hydrogens is 244 g/mol. The Hall–Kier alpha value is -2.07. The van der Waals surface area contributed by atoms with Gasteiger partial charge in [0.1, 0.15) is 6.33 Å². The van der Waals surface area contributed by atoms with Crippen molar-refractivity contribution in [2.75, 3.05) is 0 Å². The molecule has 3 aromatic rings. The zero-order valence-electron chi connectivity index (χ0n) is 9.54. The Labute approximate surface area is 108 Å². The van der Waals surface area contributed by atoms with Gasteiger partial charge in [0, 0.05) is 5.56 Å². The first-order valence-electron chi connectivity index (χ1n) is 5.60. The van der Waals surface area contributed by atoms with Crippen LogP contribution in [0.2, 0.25) is 0 Å². The van der Waals surface area contributed by atoms with Crippen LogP contribution in [0.3, 0.4) is 0 Å². The summed E-state index contributed by atoms with van der Waals surface area (Å²) in [6.07, 6.45) is 1.84. The van der Waals surface area contributed by atoms with E-state index in [1.54, 1.807) is 11.3 Å². The van der Waals surface area contributed by atoms with Crippen molar-refractivity contribution < 1.29 is 4.79 Å². The van der Waals surface area contributed by atoms with Gasteiger partial charge in [0.15, 0.2) is 5.78 Å². The van der Waals surface area contributed by atoms with Gasteiger partial charge in [-0.2, -0.15) is 0 Å². The predicted octanol–water partition coefficient (Wildman–Crippen LogP) is 3.12. The van der Waals surface area contributed by atoms with E-state index in [-0.39, 0.29) is 5.78 Å². The van der Waals surface area contributed by atoms with E-state index in [1.807, 2.05) is 41.8 Å². The van der Waals surface area contributed by atoms with Gasteiger partial charge in [0.2, 0.25) is 0 Å². The first kappa shape index (κ1) is 11.0. The van der Waals surface area contributed by atoms with Crippen molar-refractivity contribution in [3.8, 4) is 0 Å². The van der Waals surface area contributed by atoms with E-state index in [0.717, 1.165) is 21.5 Å². The normalized spacial score (nSPS) is 10.7. The average molecular weight is 254 g/mol. The fraction of sp³-hybridized carbons (Fsp3) is 0.0714. The highest BCUT2D eigenvalue weighted by Gasteiger charge is 2.11. The molecule has 0 aliphatic heterocycles. The SMILES string of the molecule is O=C(Cc1ncnc2ccsc12)c1ccccc1. The number of carbonyl (C=O) groups excluding carboxylic acids is 1. The molecule has 0 unspecified atom stereocenters. The van der Waals surface area contributed by atoms with Crippen molar-refractivity contribution in [3.63, 3.8) is 0 Å². The topological polar surface area (TPSA) is 42.9 Å². The molecule has 0 aliphatic rings. The van der Waals surface area contributed by atoms with Crippen molar-refractivity contribution in [2.24, 2.45) is 0 Å². The lowest BCUT2D eigenvalue weighted by atomic mass is 10.1. The number of benzene rings is 1. The molecule has 2 heterocycles. The van der Waals surface area contributed by atoms with Gasteiger partial charge >= 0.3 is 0 Å². The highest BCUT2D eigenvalue weighted by Crippen LogP contribution is 2.22. The number of thiophene rings is 1. The lowest BCUT2D eigenvalue weighted by Crippen LogP contribution is -2.05. The number of aromatic nitrogens is 2. The van der Waals surface area contributed by atoms with E-state index in [1.165, 1.54) is 6.33 Å². The summed E-state index contributed by atoms with van der Waals surface area (Å²) in [6, 6.07) is 11.2. The summed E-state index contributed by atoms with van der Waals surface area (Å²) in [4.78, 5) is 20.5. The van der Waals surface area contributed by atoms with E-state index >= 15 is 0 Å². The second-order valence-corrected chi connectivity index (χ2v) is 4.84. The summed E-state index contributed by atoms with van der Waals surface area (Å²) < 4.78 is 1.00. The highest BCUT2D eigenvalue weighted by atomic mass is 32.1. The number of nitrogens with zero attached hydrogens (tertiary/aromatic N) is 2. The Bertz CT molecular complexity index is 691. The van der Waals surface area contributed by atoms with Crippen LogP contribution in [-0.4, -0.2) is 15.8 Å². The van der Waals surface area contributed by atoms with Crippen LogP contribution < -0.4 is 0 Å². The Morgan fingerprint density at radius 3 is 2.78 bits per heavy atom. The largest absolute Gasteiger partial charge is 0.294 e. The van der Waals surface area contributed by atoms with Crippen LogP contribution in [0.4, 0.5) is 0 Å². The zero-order chi connectivity index (χ0) is 12.4. The standard InChI is InChI=1S/C14H10N2OS/c17-13(10-4-2-1-3-5-10)8-12-14-11(6-7-18-14)15-9-16-12/h1-7,9H,8H2. The number of hydrogen-bond acceptors (Lipinski definition) is 4. The van der Waals surface area contributed by atoms with Gasteiger partial charge in [-0.1, -0.05) is 30.3 Å². The molecule has 0 aliphatic carbocycles. The maximum Gasteiger partial charge on any atom is 0.168 e. The average Bonchev–Trinajstić information content (AvgIpc) is 2.89. The first-order chi connectivity index (χ1) is 8.84. The molecular formula is C14H10N2OS. The Kier molecular flexibility index (Phi) is 2.86. The Morgan fingerprint density at radius 2 is 1.94 bits per heavy atom. The Morgan fingerprint density at radius 1 is 1.11 bits per heavy atom. The summed E-state index contributed by atoms with van der Waals surface area (Å²) in [5.74, 6) is 0.0870. The van der Waals surface area contributed by atoms with Gasteiger partial charge in [-0.3, -0.25) is 4.79 Å². The van der Waals surface area contributed by atoms with Crippen LogP contribution in [0.1, 0.15) is 16.1 Å². The van der Waals surface area contributed by atoms with Crippen molar-refractivity contribution in [3.05, 3.63) is 59.4 Å². The molecule has 3 nitrogen and oxygen atoms in total. The van der Waals surface area contributed by atoms with Gasteiger partial charge in [-0.25, -0.2) is 9.97 Å². The molecule has 4 heteroatoms. The van der Waals surface area contributed by atoms with E-state index in [0.29, 0.717) is 6.42 Å². The van der Waals surface area contributed by atoms with Crippen LogP contribution in [0.25, 0.3) is 10.2 Å². The lowest BCUT2D eigenvalue weighted by Gasteiger charge is -2.01. The summed E-state index contributed by atoms with van der Waals surface area (Å²) in [7, 11) is 0. The first-order valence-corrected chi connectivity index (χ1v) is 6.48. The van der Waals surface area contributed by atoms with Crippen LogP contribution in [0.15, 0.2) is 48.1 Å². The molecule has 0 atom stereocenters.